The molecule has 0 aliphatic heterocycles. The van der Waals surface area contributed by atoms with E-state index in [1.54, 1.807) is 0 Å². The lowest BCUT2D eigenvalue weighted by atomic mass is 9.81. The van der Waals surface area contributed by atoms with Crippen LogP contribution in [0.4, 0.5) is 0 Å². The van der Waals surface area contributed by atoms with E-state index in [9.17, 15) is 9.59 Å². The maximum atomic E-state index is 12.3. The van der Waals surface area contributed by atoms with E-state index in [-0.39, 0.29) is 29.9 Å². The van der Waals surface area contributed by atoms with Gasteiger partial charge in [-0.1, -0.05) is 71.1 Å². The van der Waals surface area contributed by atoms with Crippen LogP contribution in [0.3, 0.4) is 0 Å². The van der Waals surface area contributed by atoms with Gasteiger partial charge in [-0.2, -0.15) is 0 Å². The van der Waals surface area contributed by atoms with Gasteiger partial charge < -0.3 is 9.47 Å². The van der Waals surface area contributed by atoms with E-state index in [2.05, 4.69) is 6.92 Å². The summed E-state index contributed by atoms with van der Waals surface area (Å²) < 4.78 is 10.8. The molecule has 0 amide bonds. The normalized spacial score (nSPS) is 19.9. The fraction of sp³-hybridized carbons (Fsp3) is 0.913. The third-order valence-electron chi connectivity index (χ3n) is 5.43. The van der Waals surface area contributed by atoms with Gasteiger partial charge >= 0.3 is 11.9 Å². The first-order valence-electron chi connectivity index (χ1n) is 11.4. The Balaban J connectivity index is 2.05. The second kappa shape index (κ2) is 14.9. The second-order valence-electron chi connectivity index (χ2n) is 8.40. The monoisotopic (exact) mass is 382 g/mol. The van der Waals surface area contributed by atoms with E-state index in [1.807, 2.05) is 13.8 Å². The zero-order chi connectivity index (χ0) is 19.9. The summed E-state index contributed by atoms with van der Waals surface area (Å²) in [6.07, 6.45) is 15.8. The Morgan fingerprint density at radius 1 is 0.815 bits per heavy atom. The lowest BCUT2D eigenvalue weighted by molar-refractivity contribution is -0.157. The Kier molecular flexibility index (Phi) is 13.3. The Morgan fingerprint density at radius 3 is 1.89 bits per heavy atom. The van der Waals surface area contributed by atoms with Crippen LogP contribution in [0.15, 0.2) is 0 Å². The number of rotatable bonds is 14. The van der Waals surface area contributed by atoms with E-state index < -0.39 is 0 Å². The third kappa shape index (κ3) is 11.4. The molecule has 1 rings (SSSR count). The molecule has 0 radical (unpaired) electrons. The predicted octanol–water partition coefficient (Wildman–Crippen LogP) is 6.21. The molecule has 1 aliphatic carbocycles. The summed E-state index contributed by atoms with van der Waals surface area (Å²) in [5.74, 6) is -0.548. The molecule has 0 spiro atoms. The number of esters is 2. The first-order chi connectivity index (χ1) is 13.0. The first-order valence-corrected chi connectivity index (χ1v) is 11.4. The SMILES string of the molecule is CCCCCCCCCCCCOC(=O)C1CCCC(C(=O)OC(C)C)C1. The van der Waals surface area contributed by atoms with E-state index in [0.717, 1.165) is 32.1 Å². The molecule has 0 bridgehead atoms. The Bertz CT molecular complexity index is 405. The molecular weight excluding hydrogens is 340 g/mol. The van der Waals surface area contributed by atoms with Gasteiger partial charge in [0.05, 0.1) is 24.5 Å². The van der Waals surface area contributed by atoms with E-state index in [0.29, 0.717) is 13.0 Å². The summed E-state index contributed by atoms with van der Waals surface area (Å²) in [5.41, 5.74) is 0. The van der Waals surface area contributed by atoms with Gasteiger partial charge in [0.2, 0.25) is 0 Å². The number of hydrogen-bond acceptors (Lipinski definition) is 4. The number of carbonyl (C=O) groups excluding carboxylic acids is 2. The van der Waals surface area contributed by atoms with Crippen molar-refractivity contribution in [3.05, 3.63) is 0 Å². The lowest BCUT2D eigenvalue weighted by Crippen LogP contribution is -2.30. The van der Waals surface area contributed by atoms with Crippen molar-refractivity contribution in [2.45, 2.75) is 117 Å². The van der Waals surface area contributed by atoms with Crippen LogP contribution in [-0.4, -0.2) is 24.6 Å². The molecule has 0 heterocycles. The van der Waals surface area contributed by atoms with E-state index in [1.165, 1.54) is 51.4 Å². The zero-order valence-electron chi connectivity index (χ0n) is 18.0. The molecule has 0 aromatic carbocycles. The molecule has 2 atom stereocenters. The highest BCUT2D eigenvalue weighted by Crippen LogP contribution is 2.31. The fourth-order valence-corrected chi connectivity index (χ4v) is 3.83. The van der Waals surface area contributed by atoms with Crippen molar-refractivity contribution in [2.75, 3.05) is 6.61 Å². The van der Waals surface area contributed by atoms with Crippen LogP contribution >= 0.6 is 0 Å². The van der Waals surface area contributed by atoms with Gasteiger partial charge in [0.1, 0.15) is 0 Å². The summed E-state index contributed by atoms with van der Waals surface area (Å²) in [4.78, 5) is 24.3. The average Bonchev–Trinajstić information content (AvgIpc) is 2.65. The number of unbranched alkanes of at least 4 members (excludes halogenated alkanes) is 9. The summed E-state index contributed by atoms with van der Waals surface area (Å²) in [5, 5.41) is 0. The molecule has 1 aliphatic rings. The second-order valence-corrected chi connectivity index (χ2v) is 8.40. The Labute approximate surface area is 166 Å². The first kappa shape index (κ1) is 24.0. The zero-order valence-corrected chi connectivity index (χ0v) is 18.0. The molecule has 0 aromatic rings. The van der Waals surface area contributed by atoms with Gasteiger partial charge in [-0.15, -0.1) is 0 Å². The number of ether oxygens (including phenoxy) is 2. The summed E-state index contributed by atoms with van der Waals surface area (Å²) in [6.45, 7) is 6.49. The minimum Gasteiger partial charge on any atom is -0.465 e. The van der Waals surface area contributed by atoms with Gasteiger partial charge in [0.25, 0.3) is 0 Å². The highest BCUT2D eigenvalue weighted by molar-refractivity contribution is 5.76. The molecule has 27 heavy (non-hydrogen) atoms. The van der Waals surface area contributed by atoms with Crippen molar-refractivity contribution < 1.29 is 19.1 Å². The van der Waals surface area contributed by atoms with Crippen molar-refractivity contribution in [1.29, 1.82) is 0 Å². The lowest BCUT2D eigenvalue weighted by Gasteiger charge is -2.27. The Hall–Kier alpha value is -1.06. The van der Waals surface area contributed by atoms with Crippen LogP contribution in [0.25, 0.3) is 0 Å². The van der Waals surface area contributed by atoms with Gasteiger partial charge in [-0.3, -0.25) is 9.59 Å². The van der Waals surface area contributed by atoms with Crippen LogP contribution in [-0.2, 0) is 19.1 Å². The highest BCUT2D eigenvalue weighted by Gasteiger charge is 2.33. The van der Waals surface area contributed by atoms with E-state index >= 15 is 0 Å². The van der Waals surface area contributed by atoms with Crippen molar-refractivity contribution >= 4 is 11.9 Å². The Morgan fingerprint density at radius 2 is 1.33 bits per heavy atom. The van der Waals surface area contributed by atoms with Crippen molar-refractivity contribution in [3.8, 4) is 0 Å². The van der Waals surface area contributed by atoms with E-state index in [4.69, 9.17) is 9.47 Å². The molecule has 4 heteroatoms. The van der Waals surface area contributed by atoms with Crippen LogP contribution in [0.1, 0.15) is 111 Å². The molecule has 1 fully saturated rings. The van der Waals surface area contributed by atoms with Crippen molar-refractivity contribution in [1.82, 2.24) is 0 Å². The molecule has 2 unspecified atom stereocenters. The van der Waals surface area contributed by atoms with Gasteiger partial charge in [-0.05, 0) is 39.5 Å². The maximum absolute atomic E-state index is 12.3. The number of carbonyl (C=O) groups is 2. The average molecular weight is 383 g/mol. The molecule has 1 saturated carbocycles. The summed E-state index contributed by atoms with van der Waals surface area (Å²) in [6, 6.07) is 0. The maximum Gasteiger partial charge on any atom is 0.309 e. The van der Waals surface area contributed by atoms with Gasteiger partial charge in [0, 0.05) is 0 Å². The number of hydrogen-bond donors (Lipinski definition) is 0. The predicted molar refractivity (Wildman–Crippen MR) is 109 cm³/mol. The summed E-state index contributed by atoms with van der Waals surface area (Å²) >= 11 is 0. The highest BCUT2D eigenvalue weighted by atomic mass is 16.5. The van der Waals surface area contributed by atoms with Crippen LogP contribution in [0.5, 0.6) is 0 Å². The van der Waals surface area contributed by atoms with Crippen LogP contribution in [0.2, 0.25) is 0 Å². The van der Waals surface area contributed by atoms with Gasteiger partial charge in [-0.25, -0.2) is 0 Å². The fourth-order valence-electron chi connectivity index (χ4n) is 3.83. The minimum atomic E-state index is -0.155. The molecular formula is C23H42O4. The quantitative estimate of drug-likeness (QED) is 0.265. The largest absolute Gasteiger partial charge is 0.465 e. The van der Waals surface area contributed by atoms with Crippen molar-refractivity contribution in [3.63, 3.8) is 0 Å². The van der Waals surface area contributed by atoms with Crippen LogP contribution in [0, 0.1) is 11.8 Å². The van der Waals surface area contributed by atoms with Crippen LogP contribution < -0.4 is 0 Å². The van der Waals surface area contributed by atoms with Gasteiger partial charge in [0.15, 0.2) is 0 Å². The third-order valence-corrected chi connectivity index (χ3v) is 5.43. The molecule has 0 N–H and O–H groups in total. The van der Waals surface area contributed by atoms with Crippen molar-refractivity contribution in [2.24, 2.45) is 11.8 Å². The minimum absolute atomic E-state index is 0.0961. The smallest absolute Gasteiger partial charge is 0.309 e. The molecule has 158 valence electrons. The molecule has 4 nitrogen and oxygen atoms in total. The molecule has 0 aromatic heterocycles. The summed E-state index contributed by atoms with van der Waals surface area (Å²) in [7, 11) is 0. The topological polar surface area (TPSA) is 52.6 Å². The molecule has 0 saturated heterocycles. The standard InChI is InChI=1S/C23H42O4/c1-4-5-6-7-8-9-10-11-12-13-17-26-22(24)20-15-14-16-21(18-20)23(25)27-19(2)3/h19-21H,4-18H2,1-3H3.